The smallest absolute Gasteiger partial charge is 0.132 e. The molecule has 17 heavy (non-hydrogen) atoms. The van der Waals surface area contributed by atoms with Crippen molar-refractivity contribution in [2.75, 3.05) is 17.2 Å². The summed E-state index contributed by atoms with van der Waals surface area (Å²) in [4.78, 5) is 8.93. The SMILES string of the molecule is CCCC(C)Nc1cc(NCC)nc(CC)n1. The maximum atomic E-state index is 4.49. The van der Waals surface area contributed by atoms with Crippen LogP contribution in [0.4, 0.5) is 11.6 Å². The Kier molecular flexibility index (Phi) is 5.73. The molecule has 0 saturated heterocycles. The number of aromatic nitrogens is 2. The van der Waals surface area contributed by atoms with Gasteiger partial charge in [-0.05, 0) is 20.3 Å². The van der Waals surface area contributed by atoms with Gasteiger partial charge in [-0.25, -0.2) is 9.97 Å². The maximum Gasteiger partial charge on any atom is 0.132 e. The van der Waals surface area contributed by atoms with Gasteiger partial charge >= 0.3 is 0 Å². The molecule has 1 rings (SSSR count). The van der Waals surface area contributed by atoms with E-state index in [4.69, 9.17) is 0 Å². The Morgan fingerprint density at radius 1 is 1.18 bits per heavy atom. The first kappa shape index (κ1) is 13.7. The summed E-state index contributed by atoms with van der Waals surface area (Å²) in [5.41, 5.74) is 0. The number of nitrogens with one attached hydrogen (secondary N) is 2. The van der Waals surface area contributed by atoms with Crippen LogP contribution in [-0.4, -0.2) is 22.6 Å². The van der Waals surface area contributed by atoms with Crippen LogP contribution in [0.25, 0.3) is 0 Å². The molecular formula is C13H24N4. The normalized spacial score (nSPS) is 12.2. The zero-order valence-electron chi connectivity index (χ0n) is 11.4. The molecule has 1 atom stereocenters. The lowest BCUT2D eigenvalue weighted by molar-refractivity contribution is 0.686. The standard InChI is InChI=1S/C13H24N4/c1-5-8-10(4)15-13-9-12(14-7-3)16-11(6-2)17-13/h9-10H,5-8H2,1-4H3,(H2,14,15,16,17). The molecule has 1 unspecified atom stereocenters. The molecule has 0 amide bonds. The first-order chi connectivity index (χ1) is 8.19. The van der Waals surface area contributed by atoms with E-state index in [2.05, 4.69) is 48.3 Å². The summed E-state index contributed by atoms with van der Waals surface area (Å²) in [6, 6.07) is 2.43. The van der Waals surface area contributed by atoms with E-state index in [0.29, 0.717) is 6.04 Å². The van der Waals surface area contributed by atoms with E-state index in [9.17, 15) is 0 Å². The number of hydrogen-bond acceptors (Lipinski definition) is 4. The van der Waals surface area contributed by atoms with Crippen LogP contribution in [0.5, 0.6) is 0 Å². The third kappa shape index (κ3) is 4.59. The number of aryl methyl sites for hydroxylation is 1. The average molecular weight is 236 g/mol. The van der Waals surface area contributed by atoms with E-state index < -0.39 is 0 Å². The second-order valence-corrected chi connectivity index (χ2v) is 4.27. The topological polar surface area (TPSA) is 49.8 Å². The lowest BCUT2D eigenvalue weighted by Crippen LogP contribution is -2.16. The molecule has 0 bridgehead atoms. The van der Waals surface area contributed by atoms with E-state index in [1.54, 1.807) is 0 Å². The van der Waals surface area contributed by atoms with Gasteiger partial charge in [0.2, 0.25) is 0 Å². The molecule has 2 N–H and O–H groups in total. The molecule has 1 heterocycles. The van der Waals surface area contributed by atoms with Crippen LogP contribution < -0.4 is 10.6 Å². The molecule has 4 heteroatoms. The van der Waals surface area contributed by atoms with E-state index in [-0.39, 0.29) is 0 Å². The number of nitrogens with zero attached hydrogens (tertiary/aromatic N) is 2. The van der Waals surface area contributed by atoms with Crippen molar-refractivity contribution in [2.24, 2.45) is 0 Å². The Morgan fingerprint density at radius 3 is 2.47 bits per heavy atom. The number of anilines is 2. The van der Waals surface area contributed by atoms with Crippen LogP contribution in [-0.2, 0) is 6.42 Å². The molecule has 0 aliphatic heterocycles. The van der Waals surface area contributed by atoms with Crippen LogP contribution in [0, 0.1) is 0 Å². The van der Waals surface area contributed by atoms with Crippen molar-refractivity contribution < 1.29 is 0 Å². The van der Waals surface area contributed by atoms with Crippen molar-refractivity contribution in [1.29, 1.82) is 0 Å². The van der Waals surface area contributed by atoms with Gasteiger partial charge in [0.05, 0.1) is 0 Å². The third-order valence-corrected chi connectivity index (χ3v) is 2.56. The highest BCUT2D eigenvalue weighted by atomic mass is 15.1. The van der Waals surface area contributed by atoms with Crippen LogP contribution >= 0.6 is 0 Å². The van der Waals surface area contributed by atoms with Gasteiger partial charge in [-0.1, -0.05) is 20.3 Å². The summed E-state index contributed by atoms with van der Waals surface area (Å²) in [6.07, 6.45) is 3.19. The van der Waals surface area contributed by atoms with Gasteiger partial charge in [0, 0.05) is 25.1 Å². The van der Waals surface area contributed by atoms with Crippen molar-refractivity contribution in [3.63, 3.8) is 0 Å². The minimum atomic E-state index is 0.453. The van der Waals surface area contributed by atoms with Crippen LogP contribution in [0.15, 0.2) is 6.07 Å². The van der Waals surface area contributed by atoms with Crippen LogP contribution in [0.2, 0.25) is 0 Å². The molecule has 0 aliphatic carbocycles. The summed E-state index contributed by atoms with van der Waals surface area (Å²) >= 11 is 0. The largest absolute Gasteiger partial charge is 0.370 e. The molecule has 0 spiro atoms. The number of rotatable bonds is 7. The van der Waals surface area contributed by atoms with E-state index in [0.717, 1.165) is 36.8 Å². The molecule has 4 nitrogen and oxygen atoms in total. The zero-order valence-corrected chi connectivity index (χ0v) is 11.4. The lowest BCUT2D eigenvalue weighted by Gasteiger charge is -2.15. The molecular weight excluding hydrogens is 212 g/mol. The predicted octanol–water partition coefficient (Wildman–Crippen LogP) is 3.07. The van der Waals surface area contributed by atoms with E-state index >= 15 is 0 Å². The Bertz CT molecular complexity index is 338. The van der Waals surface area contributed by atoms with E-state index in [1.165, 1.54) is 6.42 Å². The first-order valence-corrected chi connectivity index (χ1v) is 6.57. The molecule has 1 aromatic heterocycles. The molecule has 0 aromatic carbocycles. The summed E-state index contributed by atoms with van der Waals surface area (Å²) in [5.74, 6) is 2.72. The fourth-order valence-corrected chi connectivity index (χ4v) is 1.76. The highest BCUT2D eigenvalue weighted by Gasteiger charge is 2.05. The molecule has 0 saturated carbocycles. The fraction of sp³-hybridized carbons (Fsp3) is 0.692. The highest BCUT2D eigenvalue weighted by Crippen LogP contribution is 2.13. The minimum Gasteiger partial charge on any atom is -0.370 e. The Hall–Kier alpha value is -1.32. The van der Waals surface area contributed by atoms with Crippen molar-refractivity contribution in [3.8, 4) is 0 Å². The van der Waals surface area contributed by atoms with Gasteiger partial charge in [-0.15, -0.1) is 0 Å². The summed E-state index contributed by atoms with van der Waals surface area (Å²) in [6.45, 7) is 9.40. The molecule has 0 aliphatic rings. The minimum absolute atomic E-state index is 0.453. The summed E-state index contributed by atoms with van der Waals surface area (Å²) < 4.78 is 0. The fourth-order valence-electron chi connectivity index (χ4n) is 1.76. The van der Waals surface area contributed by atoms with Crippen molar-refractivity contribution in [2.45, 2.75) is 53.0 Å². The Morgan fingerprint density at radius 2 is 1.88 bits per heavy atom. The Balaban J connectivity index is 2.79. The highest BCUT2D eigenvalue weighted by molar-refractivity contribution is 5.48. The number of hydrogen-bond donors (Lipinski definition) is 2. The summed E-state index contributed by atoms with van der Waals surface area (Å²) in [7, 11) is 0. The second-order valence-electron chi connectivity index (χ2n) is 4.27. The lowest BCUT2D eigenvalue weighted by atomic mass is 10.2. The monoisotopic (exact) mass is 236 g/mol. The van der Waals surface area contributed by atoms with Crippen molar-refractivity contribution in [1.82, 2.24) is 9.97 Å². The second kappa shape index (κ2) is 7.09. The van der Waals surface area contributed by atoms with E-state index in [1.807, 2.05) is 6.07 Å². The van der Waals surface area contributed by atoms with Gasteiger partial charge in [0.25, 0.3) is 0 Å². The van der Waals surface area contributed by atoms with Crippen LogP contribution in [0.1, 0.15) is 46.4 Å². The molecule has 0 radical (unpaired) electrons. The molecule has 0 fully saturated rings. The van der Waals surface area contributed by atoms with Gasteiger partial charge in [0.1, 0.15) is 17.5 Å². The van der Waals surface area contributed by atoms with Crippen molar-refractivity contribution >= 4 is 11.6 Å². The van der Waals surface area contributed by atoms with Gasteiger partial charge in [-0.3, -0.25) is 0 Å². The molecule has 96 valence electrons. The quantitative estimate of drug-likeness (QED) is 0.764. The van der Waals surface area contributed by atoms with Gasteiger partial charge in [-0.2, -0.15) is 0 Å². The molecule has 1 aromatic rings. The van der Waals surface area contributed by atoms with Crippen LogP contribution in [0.3, 0.4) is 0 Å². The average Bonchev–Trinajstić information content (AvgIpc) is 2.29. The third-order valence-electron chi connectivity index (χ3n) is 2.56. The predicted molar refractivity (Wildman–Crippen MR) is 73.6 cm³/mol. The maximum absolute atomic E-state index is 4.49. The van der Waals surface area contributed by atoms with Gasteiger partial charge in [0.15, 0.2) is 0 Å². The zero-order chi connectivity index (χ0) is 12.7. The van der Waals surface area contributed by atoms with Gasteiger partial charge < -0.3 is 10.6 Å². The first-order valence-electron chi connectivity index (χ1n) is 6.57. The Labute approximate surface area is 104 Å². The summed E-state index contributed by atoms with van der Waals surface area (Å²) in [5, 5.41) is 6.66. The van der Waals surface area contributed by atoms with Crippen molar-refractivity contribution in [3.05, 3.63) is 11.9 Å².